The lowest BCUT2D eigenvalue weighted by Crippen LogP contribution is -2.10. The molecule has 21 aromatic carbocycles. The molecule has 135 heavy (non-hydrogen) atoms. The number of fused-ring (bicyclic) bond motifs is 18. The van der Waals surface area contributed by atoms with Gasteiger partial charge in [0.05, 0.1) is 0 Å². The maximum absolute atomic E-state index is 6.66. The minimum Gasteiger partial charge on any atom is -0.456 e. The van der Waals surface area contributed by atoms with Crippen molar-refractivity contribution in [1.82, 2.24) is 0 Å². The van der Waals surface area contributed by atoms with Gasteiger partial charge >= 0.3 is 0 Å². The van der Waals surface area contributed by atoms with E-state index in [-0.39, 0.29) is 0 Å². The lowest BCUT2D eigenvalue weighted by molar-refractivity contribution is 0.665. The van der Waals surface area contributed by atoms with Crippen molar-refractivity contribution >= 4 is 192 Å². The minimum absolute atomic E-state index is 0.848. The van der Waals surface area contributed by atoms with E-state index in [4.69, 9.17) is 22.1 Å². The predicted octanol–water partition coefficient (Wildman–Crippen LogP) is 37.3. The first-order valence-electron chi connectivity index (χ1n) is 45.5. The molecule has 27 aromatic rings. The Morgan fingerprint density at radius 2 is 0.415 bits per heavy atom. The highest BCUT2D eigenvalue weighted by Gasteiger charge is 2.27. The van der Waals surface area contributed by atoms with Gasteiger partial charge in [0.2, 0.25) is 0 Å². The van der Waals surface area contributed by atoms with Gasteiger partial charge in [-0.2, -0.15) is 0 Å². The van der Waals surface area contributed by atoms with Crippen LogP contribution < -0.4 is 14.7 Å². The highest BCUT2D eigenvalue weighted by atomic mass is 32.1. The SMILES string of the molecule is c1ccc(-c2ccc(N(c3ccccc3)c3cc(-c4ccc5oc6ccccc6c5c4)c4oc5ccccc5c4c3)cc2)cc1.c1ccc(-c2ccc(N(c3ccccc3)c3cc(-c4cccc5c4oc4ccccc45)c4oc5ccccc5c4c3)cc2)cc1.c1ccc(-c2ccc(N(c3ccccc3)c3cc(-c4cccc5c4sc4ccccc45)c4oc5ccccc5c4c3)cc2)cc1. The van der Waals surface area contributed by atoms with Crippen molar-refractivity contribution in [3.05, 3.63) is 491 Å². The molecule has 0 fully saturated rings. The van der Waals surface area contributed by atoms with Crippen LogP contribution in [0.1, 0.15) is 0 Å². The van der Waals surface area contributed by atoms with Gasteiger partial charge in [-0.25, -0.2) is 0 Å². The Labute approximate surface area is 781 Å². The highest BCUT2D eigenvalue weighted by Crippen LogP contribution is 2.52. The molecule has 0 aliphatic carbocycles. The lowest BCUT2D eigenvalue weighted by Gasteiger charge is -2.26. The summed E-state index contributed by atoms with van der Waals surface area (Å²) in [5.41, 5.74) is 32.0. The van der Waals surface area contributed by atoms with E-state index in [0.29, 0.717) is 0 Å². The van der Waals surface area contributed by atoms with Crippen LogP contribution in [0.15, 0.2) is 513 Å². The predicted molar refractivity (Wildman–Crippen MR) is 565 cm³/mol. The van der Waals surface area contributed by atoms with Crippen molar-refractivity contribution in [2.45, 2.75) is 0 Å². The standard InChI is InChI=1S/2C42H27NO2.C42H27NOS/c1-3-12-28(13-4-1)29-22-24-31(25-23-29)43(30-14-5-2-6-15-30)32-26-37-34-17-8-10-21-40(34)45-42(37)38(27-32)36-19-11-18-35-33-16-7-9-20-39(33)44-41(35)36;1-3-11-28(12-4-1)29-19-22-32(23-20-29)43(31-13-5-2-6-14-31)33-26-36(42-38(27-33)35-16-8-10-18-40(35)45-42)30-21-24-41-37(25-30)34-15-7-9-17-39(34)44-41;1-3-12-28(13-4-1)29-22-24-31(25-23-29)43(30-14-5-2-6-15-30)32-26-37-33-16-7-9-20-39(33)44-41(37)38(27-32)36-19-11-18-35-34-17-8-10-21-40(34)45-42(35)36/h3*1-27H. The van der Waals surface area contributed by atoms with Gasteiger partial charge in [0.1, 0.15) is 55.8 Å². The van der Waals surface area contributed by atoms with Crippen LogP contribution in [-0.4, -0.2) is 0 Å². The molecule has 9 heteroatoms. The van der Waals surface area contributed by atoms with Crippen molar-refractivity contribution < 1.29 is 22.1 Å². The second kappa shape index (κ2) is 33.9. The van der Waals surface area contributed by atoms with E-state index >= 15 is 0 Å². The van der Waals surface area contributed by atoms with Crippen LogP contribution in [0.2, 0.25) is 0 Å². The van der Waals surface area contributed by atoms with Gasteiger partial charge in [0.15, 0.2) is 0 Å². The van der Waals surface area contributed by atoms with Crippen LogP contribution in [0, 0.1) is 0 Å². The molecule has 0 saturated carbocycles. The third-order valence-electron chi connectivity index (χ3n) is 26.0. The first kappa shape index (κ1) is 79.4. The van der Waals surface area contributed by atoms with Crippen molar-refractivity contribution in [1.29, 1.82) is 0 Å². The number of nitrogens with zero attached hydrogens (tertiary/aromatic N) is 3. The van der Waals surface area contributed by atoms with Crippen molar-refractivity contribution in [2.24, 2.45) is 0 Å². The summed E-state index contributed by atoms with van der Waals surface area (Å²) < 4.78 is 35.1. The molecule has 0 radical (unpaired) electrons. The zero-order valence-electron chi connectivity index (χ0n) is 73.1. The monoisotopic (exact) mass is 1750 g/mol. The van der Waals surface area contributed by atoms with Crippen LogP contribution in [0.5, 0.6) is 0 Å². The van der Waals surface area contributed by atoms with E-state index in [2.05, 4.69) is 445 Å². The van der Waals surface area contributed by atoms with E-state index in [1.54, 1.807) is 0 Å². The molecule has 6 aromatic heterocycles. The first-order chi connectivity index (χ1) is 66.9. The molecule has 0 spiro atoms. The van der Waals surface area contributed by atoms with Gasteiger partial charge in [-0.3, -0.25) is 0 Å². The molecule has 0 aliphatic rings. The van der Waals surface area contributed by atoms with E-state index in [0.717, 1.165) is 189 Å². The molecule has 0 atom stereocenters. The summed E-state index contributed by atoms with van der Waals surface area (Å²) in [6.45, 7) is 0. The Morgan fingerprint density at radius 1 is 0.141 bits per heavy atom. The molecule has 0 bridgehead atoms. The average Bonchev–Trinajstić information content (AvgIpc) is 1.61. The number of benzene rings is 21. The second-order valence-corrected chi connectivity index (χ2v) is 35.1. The number of para-hydroxylation sites is 9. The maximum Gasteiger partial charge on any atom is 0.143 e. The average molecular weight is 1750 g/mol. The summed E-state index contributed by atoms with van der Waals surface area (Å²) >= 11 is 1.85. The number of furan rings is 5. The van der Waals surface area contributed by atoms with Gasteiger partial charge < -0.3 is 36.8 Å². The quantitative estimate of drug-likeness (QED) is 0.101. The van der Waals surface area contributed by atoms with Gasteiger partial charge in [-0.05, 0) is 197 Å². The van der Waals surface area contributed by atoms with Gasteiger partial charge in [0.25, 0.3) is 0 Å². The number of thiophene rings is 1. The van der Waals surface area contributed by atoms with Crippen LogP contribution >= 0.6 is 11.3 Å². The minimum atomic E-state index is 0.848. The first-order valence-corrected chi connectivity index (χ1v) is 46.4. The molecular weight excluding hydrogens is 1670 g/mol. The third-order valence-corrected chi connectivity index (χ3v) is 27.2. The highest BCUT2D eigenvalue weighted by molar-refractivity contribution is 7.26. The Morgan fingerprint density at radius 3 is 0.830 bits per heavy atom. The Hall–Kier alpha value is -17.8. The fraction of sp³-hybridized carbons (Fsp3) is 0. The topological polar surface area (TPSA) is 75.4 Å². The molecule has 27 rings (SSSR count). The molecule has 0 unspecified atom stereocenters. The second-order valence-electron chi connectivity index (χ2n) is 34.0. The van der Waals surface area contributed by atoms with E-state index < -0.39 is 0 Å². The summed E-state index contributed by atoms with van der Waals surface area (Å²) in [4.78, 5) is 6.99. The largest absolute Gasteiger partial charge is 0.456 e. The Bertz CT molecular complexity index is 8730. The molecule has 0 amide bonds. The summed E-state index contributed by atoms with van der Waals surface area (Å²) in [7, 11) is 0. The summed E-state index contributed by atoms with van der Waals surface area (Å²) in [5.74, 6) is 0. The van der Waals surface area contributed by atoms with Gasteiger partial charge in [-0.15, -0.1) is 11.3 Å². The third kappa shape index (κ3) is 14.5. The number of hydrogen-bond acceptors (Lipinski definition) is 9. The number of anilines is 9. The summed E-state index contributed by atoms with van der Waals surface area (Å²) in [5, 5.41) is 13.5. The van der Waals surface area contributed by atoms with E-state index in [1.165, 1.54) is 59.1 Å². The molecule has 636 valence electrons. The van der Waals surface area contributed by atoms with Crippen LogP contribution in [0.3, 0.4) is 0 Å². The Balaban J connectivity index is 0.000000108. The lowest BCUT2D eigenvalue weighted by atomic mass is 9.98. The molecule has 6 heterocycles. The fourth-order valence-electron chi connectivity index (χ4n) is 19.6. The summed E-state index contributed by atoms with van der Waals surface area (Å²) in [6.07, 6.45) is 0. The van der Waals surface area contributed by atoms with Gasteiger partial charge in [-0.1, -0.05) is 334 Å². The van der Waals surface area contributed by atoms with Crippen molar-refractivity contribution in [3.8, 4) is 66.8 Å². The van der Waals surface area contributed by atoms with Gasteiger partial charge in [0, 0.05) is 153 Å². The molecule has 0 saturated heterocycles. The van der Waals surface area contributed by atoms with Crippen molar-refractivity contribution in [3.63, 3.8) is 0 Å². The van der Waals surface area contributed by atoms with E-state index in [9.17, 15) is 0 Å². The normalized spacial score (nSPS) is 11.6. The zero-order chi connectivity index (χ0) is 89.2. The number of hydrogen-bond donors (Lipinski definition) is 0. The molecule has 0 N–H and O–H groups in total. The fourth-order valence-corrected chi connectivity index (χ4v) is 20.9. The van der Waals surface area contributed by atoms with Crippen LogP contribution in [0.25, 0.3) is 197 Å². The maximum atomic E-state index is 6.66. The zero-order valence-corrected chi connectivity index (χ0v) is 73.9. The van der Waals surface area contributed by atoms with Crippen LogP contribution in [0.4, 0.5) is 51.2 Å². The molecular formula is C126H81N3O5S. The number of rotatable bonds is 15. The molecule has 0 aliphatic heterocycles. The summed E-state index contributed by atoms with van der Waals surface area (Å²) in [6, 6.07) is 173. The van der Waals surface area contributed by atoms with Crippen LogP contribution in [-0.2, 0) is 0 Å². The molecule has 8 nitrogen and oxygen atoms in total. The smallest absolute Gasteiger partial charge is 0.143 e. The van der Waals surface area contributed by atoms with E-state index in [1.807, 2.05) is 72.0 Å². The Kier molecular flexibility index (Phi) is 20.0. The van der Waals surface area contributed by atoms with Crippen molar-refractivity contribution in [2.75, 3.05) is 14.7 Å².